The fraction of sp³-hybridized carbons (Fsp3) is 0.474. The molecule has 3 heterocycles. The van der Waals surface area contributed by atoms with E-state index in [4.69, 9.17) is 5.73 Å². The molecule has 0 radical (unpaired) electrons. The van der Waals surface area contributed by atoms with E-state index in [2.05, 4.69) is 22.8 Å². The highest BCUT2D eigenvalue weighted by molar-refractivity contribution is 7.17. The van der Waals surface area contributed by atoms with Crippen LogP contribution in [0, 0.1) is 0 Å². The number of carbonyl (C=O) groups excluding carboxylic acids is 2. The molecule has 0 spiro atoms. The molecule has 0 aromatic carbocycles. The van der Waals surface area contributed by atoms with Gasteiger partial charge < -0.3 is 16.0 Å². The largest absolute Gasteiger partial charge is 0.365 e. The van der Waals surface area contributed by atoms with Gasteiger partial charge in [-0.1, -0.05) is 6.07 Å². The minimum atomic E-state index is -0.433. The summed E-state index contributed by atoms with van der Waals surface area (Å²) in [5.41, 5.74) is 7.19. The number of quaternary nitrogens is 1. The van der Waals surface area contributed by atoms with Crippen molar-refractivity contribution in [3.63, 3.8) is 0 Å². The third-order valence-electron chi connectivity index (χ3n) is 5.65. The number of hydrogen-bond acceptors (Lipinski definition) is 4. The standard InChI is InChI=1S/C19H23N3O2S2/c1-11(22-9-3-6-13(22)15-8-4-10-25-15)18(24)21-19-16(17(20)23)12-5-2-7-14(12)26-19/h4,8,10-11,13H,2-3,5-7,9H2,1H3,(H2,20,23)(H,21,24)/p+1/t11-,13-/m1/s1. The van der Waals surface area contributed by atoms with E-state index in [9.17, 15) is 9.59 Å². The Labute approximate surface area is 161 Å². The van der Waals surface area contributed by atoms with Gasteiger partial charge in [0.2, 0.25) is 0 Å². The lowest BCUT2D eigenvalue weighted by molar-refractivity contribution is -0.931. The van der Waals surface area contributed by atoms with Gasteiger partial charge in [0.05, 0.1) is 17.0 Å². The maximum Gasteiger partial charge on any atom is 0.283 e. The lowest BCUT2D eigenvalue weighted by Crippen LogP contribution is -3.15. The van der Waals surface area contributed by atoms with Crippen LogP contribution in [0.4, 0.5) is 5.00 Å². The Morgan fingerprint density at radius 3 is 2.92 bits per heavy atom. The predicted molar refractivity (Wildman–Crippen MR) is 105 cm³/mol. The van der Waals surface area contributed by atoms with E-state index in [1.807, 2.05) is 6.92 Å². The highest BCUT2D eigenvalue weighted by Crippen LogP contribution is 2.38. The minimum absolute atomic E-state index is 0.0223. The number of likely N-dealkylation sites (tertiary alicyclic amines) is 1. The molecule has 1 fully saturated rings. The molecule has 0 saturated carbocycles. The maximum absolute atomic E-state index is 12.9. The van der Waals surface area contributed by atoms with Crippen LogP contribution in [-0.2, 0) is 17.6 Å². The molecule has 2 aliphatic rings. The zero-order valence-corrected chi connectivity index (χ0v) is 16.5. The average Bonchev–Trinajstić information content (AvgIpc) is 3.35. The molecule has 26 heavy (non-hydrogen) atoms. The summed E-state index contributed by atoms with van der Waals surface area (Å²) < 4.78 is 0. The van der Waals surface area contributed by atoms with Gasteiger partial charge in [0.25, 0.3) is 11.8 Å². The number of aryl methyl sites for hydroxylation is 1. The number of nitrogens with two attached hydrogens (primary N) is 1. The topological polar surface area (TPSA) is 76.6 Å². The van der Waals surface area contributed by atoms with Crippen molar-refractivity contribution in [1.82, 2.24) is 0 Å². The van der Waals surface area contributed by atoms with E-state index < -0.39 is 5.91 Å². The van der Waals surface area contributed by atoms with Crippen molar-refractivity contribution in [2.24, 2.45) is 5.73 Å². The number of hydrogen-bond donors (Lipinski definition) is 3. The minimum Gasteiger partial charge on any atom is -0.365 e. The lowest BCUT2D eigenvalue weighted by Gasteiger charge is -2.26. The Bertz CT molecular complexity index is 828. The zero-order valence-electron chi connectivity index (χ0n) is 14.8. The average molecular weight is 391 g/mol. The molecule has 2 aromatic rings. The molecular formula is C19H24N3O2S2+. The second-order valence-electron chi connectivity index (χ2n) is 7.17. The number of anilines is 1. The molecule has 1 aliphatic heterocycles. The van der Waals surface area contributed by atoms with Gasteiger partial charge in [-0.15, -0.1) is 22.7 Å². The summed E-state index contributed by atoms with van der Waals surface area (Å²) in [7, 11) is 0. The first-order valence-electron chi connectivity index (χ1n) is 9.20. The van der Waals surface area contributed by atoms with Gasteiger partial charge in [0, 0.05) is 17.7 Å². The molecule has 2 amide bonds. The molecule has 4 N–H and O–H groups in total. The summed E-state index contributed by atoms with van der Waals surface area (Å²) >= 11 is 3.29. The maximum atomic E-state index is 12.9. The number of nitrogens with one attached hydrogen (secondary N) is 2. The zero-order chi connectivity index (χ0) is 18.3. The van der Waals surface area contributed by atoms with Crippen molar-refractivity contribution >= 4 is 39.5 Å². The monoisotopic (exact) mass is 390 g/mol. The van der Waals surface area contributed by atoms with Crippen LogP contribution in [0.3, 0.4) is 0 Å². The third kappa shape index (κ3) is 3.08. The van der Waals surface area contributed by atoms with Gasteiger partial charge in [0.1, 0.15) is 11.0 Å². The van der Waals surface area contributed by atoms with Crippen LogP contribution < -0.4 is 16.0 Å². The molecule has 1 unspecified atom stereocenters. The first-order valence-corrected chi connectivity index (χ1v) is 10.9. The Balaban J connectivity index is 1.53. The van der Waals surface area contributed by atoms with Gasteiger partial charge in [-0.25, -0.2) is 0 Å². The van der Waals surface area contributed by atoms with Crippen molar-refractivity contribution in [3.8, 4) is 0 Å². The molecule has 7 heteroatoms. The molecule has 0 bridgehead atoms. The Hall–Kier alpha value is -1.70. The van der Waals surface area contributed by atoms with Crippen LogP contribution in [0.2, 0.25) is 0 Å². The fourth-order valence-corrected chi connectivity index (χ4v) is 6.55. The lowest BCUT2D eigenvalue weighted by atomic mass is 10.1. The van der Waals surface area contributed by atoms with Gasteiger partial charge in [-0.3, -0.25) is 9.59 Å². The summed E-state index contributed by atoms with van der Waals surface area (Å²) in [5.74, 6) is -0.455. The molecular weight excluding hydrogens is 366 g/mol. The van der Waals surface area contributed by atoms with E-state index in [0.29, 0.717) is 16.6 Å². The first-order chi connectivity index (χ1) is 12.6. The van der Waals surface area contributed by atoms with Crippen molar-refractivity contribution in [2.45, 2.75) is 51.1 Å². The number of amides is 2. The molecule has 138 valence electrons. The Kier molecular flexibility index (Phi) is 4.86. The van der Waals surface area contributed by atoms with Crippen LogP contribution in [0.1, 0.15) is 57.9 Å². The van der Waals surface area contributed by atoms with Crippen molar-refractivity contribution in [2.75, 3.05) is 11.9 Å². The second-order valence-corrected chi connectivity index (χ2v) is 9.26. The summed E-state index contributed by atoms with van der Waals surface area (Å²) in [6.07, 6.45) is 5.17. The molecule has 1 aliphatic carbocycles. The molecule has 2 aromatic heterocycles. The molecule has 4 rings (SSSR count). The van der Waals surface area contributed by atoms with E-state index in [-0.39, 0.29) is 11.9 Å². The Morgan fingerprint density at radius 2 is 2.19 bits per heavy atom. The number of primary amides is 1. The number of rotatable bonds is 5. The van der Waals surface area contributed by atoms with Crippen molar-refractivity contribution in [3.05, 3.63) is 38.4 Å². The normalized spacial score (nSPS) is 23.0. The van der Waals surface area contributed by atoms with Gasteiger partial charge in [-0.05, 0) is 43.2 Å². The van der Waals surface area contributed by atoms with Crippen LogP contribution in [0.15, 0.2) is 17.5 Å². The second kappa shape index (κ2) is 7.13. The highest BCUT2D eigenvalue weighted by Gasteiger charge is 2.38. The smallest absolute Gasteiger partial charge is 0.283 e. The van der Waals surface area contributed by atoms with Crippen LogP contribution in [0.5, 0.6) is 0 Å². The van der Waals surface area contributed by atoms with Crippen LogP contribution in [-0.4, -0.2) is 24.4 Å². The Morgan fingerprint density at radius 1 is 1.35 bits per heavy atom. The van der Waals surface area contributed by atoms with Crippen LogP contribution in [0.25, 0.3) is 0 Å². The number of carbonyl (C=O) groups is 2. The van der Waals surface area contributed by atoms with Crippen molar-refractivity contribution in [1.29, 1.82) is 0 Å². The predicted octanol–water partition coefficient (Wildman–Crippen LogP) is 2.14. The molecule has 1 saturated heterocycles. The van der Waals surface area contributed by atoms with E-state index in [0.717, 1.165) is 44.2 Å². The summed E-state index contributed by atoms with van der Waals surface area (Å²) in [4.78, 5) is 28.7. The first kappa shape index (κ1) is 17.7. The van der Waals surface area contributed by atoms with E-state index in [1.165, 1.54) is 26.0 Å². The summed E-state index contributed by atoms with van der Waals surface area (Å²) in [6.45, 7) is 2.99. The number of fused-ring (bicyclic) bond motifs is 1. The SMILES string of the molecule is C[C@H](C(=O)Nc1sc2c(c1C(N)=O)CCC2)[NH+]1CCC[C@@H]1c1cccs1. The fourth-order valence-electron chi connectivity index (χ4n) is 4.34. The highest BCUT2D eigenvalue weighted by atomic mass is 32.1. The molecule has 5 nitrogen and oxygen atoms in total. The van der Waals surface area contributed by atoms with E-state index >= 15 is 0 Å². The number of thiophene rings is 2. The summed E-state index contributed by atoms with van der Waals surface area (Å²) in [6, 6.07) is 4.47. The van der Waals surface area contributed by atoms with E-state index in [1.54, 1.807) is 11.3 Å². The van der Waals surface area contributed by atoms with Gasteiger partial charge in [0.15, 0.2) is 6.04 Å². The van der Waals surface area contributed by atoms with Gasteiger partial charge in [-0.2, -0.15) is 0 Å². The van der Waals surface area contributed by atoms with Crippen molar-refractivity contribution < 1.29 is 14.5 Å². The summed E-state index contributed by atoms with van der Waals surface area (Å²) in [5, 5.41) is 5.77. The quantitative estimate of drug-likeness (QED) is 0.732. The third-order valence-corrected chi connectivity index (χ3v) is 7.84. The molecule has 3 atom stereocenters. The van der Waals surface area contributed by atoms with Crippen LogP contribution >= 0.6 is 22.7 Å². The van der Waals surface area contributed by atoms with Gasteiger partial charge >= 0.3 is 0 Å².